The van der Waals surface area contributed by atoms with E-state index in [1.165, 1.54) is 0 Å². The van der Waals surface area contributed by atoms with Gasteiger partial charge >= 0.3 is 5.97 Å². The Morgan fingerprint density at radius 1 is 1.42 bits per heavy atom. The molecule has 0 aromatic rings. The fraction of sp³-hybridized carbons (Fsp3) is 0.600. The third kappa shape index (κ3) is 1.94. The number of carbonyl (C=O) groups is 2. The van der Waals surface area contributed by atoms with Crippen LogP contribution < -0.4 is 0 Å². The highest BCUT2D eigenvalue weighted by atomic mass is 16.6. The van der Waals surface area contributed by atoms with Crippen molar-refractivity contribution in [2.24, 2.45) is 5.92 Å². The summed E-state index contributed by atoms with van der Waals surface area (Å²) in [6.45, 7) is 7.64. The molecule has 0 amide bonds. The van der Waals surface area contributed by atoms with Gasteiger partial charge < -0.3 is 9.47 Å². The molecule has 0 bridgehead atoms. The van der Waals surface area contributed by atoms with Crippen molar-refractivity contribution in [1.29, 1.82) is 0 Å². The lowest BCUT2D eigenvalue weighted by Gasteiger charge is -2.18. The van der Waals surface area contributed by atoms with Crippen LogP contribution in [0.4, 0.5) is 0 Å². The first kappa shape index (κ1) is 12.6. The van der Waals surface area contributed by atoms with E-state index in [4.69, 9.17) is 9.47 Å². The number of Topliss-reactive ketones (excluding diaryl/α,β-unsaturated/α-hetero) is 1. The van der Waals surface area contributed by atoms with Crippen molar-refractivity contribution < 1.29 is 19.1 Å². The van der Waals surface area contributed by atoms with E-state index in [-0.39, 0.29) is 41.9 Å². The van der Waals surface area contributed by atoms with Crippen LogP contribution >= 0.6 is 0 Å². The normalized spacial score (nSPS) is 44.8. The Bertz CT molecular complexity index is 504. The van der Waals surface area contributed by atoms with Gasteiger partial charge in [-0.25, -0.2) is 4.79 Å². The molecule has 2 saturated heterocycles. The van der Waals surface area contributed by atoms with Gasteiger partial charge in [0.2, 0.25) is 0 Å². The standard InChI is InChI=1S/C15H18O4/c1-8-5-4-6-15(3)13(19-15)12-10(7-11(8)16)9(2)14(17)18-12/h5,10,12-13H,2,4,6-7H2,1,3H3/b8-5+/t10-,12-,13-,15+/m0/s1. The van der Waals surface area contributed by atoms with Crippen LogP contribution in [0.1, 0.15) is 33.1 Å². The minimum absolute atomic E-state index is 0.0682. The highest BCUT2D eigenvalue weighted by molar-refractivity contribution is 5.98. The molecule has 4 heteroatoms. The second kappa shape index (κ2) is 4.04. The van der Waals surface area contributed by atoms with E-state index in [0.29, 0.717) is 5.57 Å². The fourth-order valence-corrected chi connectivity index (χ4v) is 3.06. The molecule has 2 heterocycles. The number of fused-ring (bicyclic) bond motifs is 3. The summed E-state index contributed by atoms with van der Waals surface area (Å²) in [6.07, 6.45) is 3.47. The van der Waals surface area contributed by atoms with E-state index in [9.17, 15) is 9.59 Å². The monoisotopic (exact) mass is 262 g/mol. The molecule has 0 aromatic carbocycles. The molecule has 0 spiro atoms. The van der Waals surface area contributed by atoms with E-state index < -0.39 is 0 Å². The number of rotatable bonds is 0. The number of hydrogen-bond donors (Lipinski definition) is 0. The lowest BCUT2D eigenvalue weighted by Crippen LogP contribution is -2.30. The zero-order valence-electron chi connectivity index (χ0n) is 11.3. The molecule has 0 saturated carbocycles. The topological polar surface area (TPSA) is 55.9 Å². The maximum Gasteiger partial charge on any atom is 0.334 e. The van der Waals surface area contributed by atoms with Gasteiger partial charge in [-0.15, -0.1) is 0 Å². The Kier molecular flexibility index (Phi) is 2.68. The van der Waals surface area contributed by atoms with Crippen molar-refractivity contribution in [2.45, 2.75) is 50.9 Å². The molecule has 0 aromatic heterocycles. The predicted molar refractivity (Wildman–Crippen MR) is 68.4 cm³/mol. The molecule has 3 aliphatic rings. The fourth-order valence-electron chi connectivity index (χ4n) is 3.06. The summed E-state index contributed by atoms with van der Waals surface area (Å²) in [5, 5.41) is 0. The number of esters is 1. The molecule has 2 aliphatic heterocycles. The van der Waals surface area contributed by atoms with Gasteiger partial charge in [-0.1, -0.05) is 12.7 Å². The van der Waals surface area contributed by atoms with Crippen molar-refractivity contribution in [2.75, 3.05) is 0 Å². The van der Waals surface area contributed by atoms with Gasteiger partial charge in [0, 0.05) is 17.9 Å². The van der Waals surface area contributed by atoms with Gasteiger partial charge in [0.15, 0.2) is 5.78 Å². The molecule has 4 atom stereocenters. The molecule has 4 nitrogen and oxygen atoms in total. The third-order valence-corrected chi connectivity index (χ3v) is 4.53. The summed E-state index contributed by atoms with van der Waals surface area (Å²) in [7, 11) is 0. The third-order valence-electron chi connectivity index (χ3n) is 4.53. The zero-order chi connectivity index (χ0) is 13.8. The second-order valence-corrected chi connectivity index (χ2v) is 5.91. The SMILES string of the molecule is C=C1C(=O)O[C@H]2[C@H]1CC(=O)/C(C)=C/CC[C@@]1(C)O[C@@H]21. The molecule has 0 N–H and O–H groups in total. The summed E-state index contributed by atoms with van der Waals surface area (Å²) in [4.78, 5) is 23.8. The Balaban J connectivity index is 1.93. The van der Waals surface area contributed by atoms with E-state index in [1.807, 2.05) is 19.9 Å². The molecular weight excluding hydrogens is 244 g/mol. The molecule has 2 fully saturated rings. The summed E-state index contributed by atoms with van der Waals surface area (Å²) in [5.41, 5.74) is 0.934. The molecule has 0 radical (unpaired) electrons. The molecule has 102 valence electrons. The lowest BCUT2D eigenvalue weighted by molar-refractivity contribution is -0.140. The predicted octanol–water partition coefficient (Wildman–Crippen LogP) is 1.94. The van der Waals surface area contributed by atoms with E-state index >= 15 is 0 Å². The van der Waals surface area contributed by atoms with Gasteiger partial charge in [0.1, 0.15) is 12.2 Å². The van der Waals surface area contributed by atoms with Crippen molar-refractivity contribution in [3.8, 4) is 0 Å². The Labute approximate surface area is 112 Å². The quantitative estimate of drug-likeness (QED) is 0.380. The van der Waals surface area contributed by atoms with Crippen LogP contribution in [0.25, 0.3) is 0 Å². The second-order valence-electron chi connectivity index (χ2n) is 5.91. The molecule has 3 rings (SSSR count). The van der Waals surface area contributed by atoms with Gasteiger partial charge in [-0.05, 0) is 32.3 Å². The number of epoxide rings is 1. The van der Waals surface area contributed by atoms with Gasteiger partial charge in [0.05, 0.1) is 5.60 Å². The van der Waals surface area contributed by atoms with Crippen molar-refractivity contribution in [1.82, 2.24) is 0 Å². The van der Waals surface area contributed by atoms with E-state index in [2.05, 4.69) is 6.58 Å². The number of allylic oxidation sites excluding steroid dienone is 2. The summed E-state index contributed by atoms with van der Waals surface area (Å²) in [5.74, 6) is -0.562. The maximum absolute atomic E-state index is 12.1. The Morgan fingerprint density at radius 2 is 2.16 bits per heavy atom. The van der Waals surface area contributed by atoms with Crippen molar-refractivity contribution >= 4 is 11.8 Å². The van der Waals surface area contributed by atoms with Crippen LogP contribution in [-0.2, 0) is 19.1 Å². The summed E-state index contributed by atoms with van der Waals surface area (Å²) in [6, 6.07) is 0. The lowest BCUT2D eigenvalue weighted by atomic mass is 9.83. The van der Waals surface area contributed by atoms with E-state index in [0.717, 1.165) is 18.4 Å². The average molecular weight is 262 g/mol. The molecular formula is C15H18O4. The minimum atomic E-state index is -0.387. The Morgan fingerprint density at radius 3 is 2.89 bits per heavy atom. The summed E-state index contributed by atoms with van der Waals surface area (Å²) < 4.78 is 11.1. The van der Waals surface area contributed by atoms with Crippen LogP contribution in [0.15, 0.2) is 23.8 Å². The highest BCUT2D eigenvalue weighted by Crippen LogP contribution is 2.49. The first-order chi connectivity index (χ1) is 8.92. The first-order valence-corrected chi connectivity index (χ1v) is 6.70. The van der Waals surface area contributed by atoms with Gasteiger partial charge in [0.25, 0.3) is 0 Å². The van der Waals surface area contributed by atoms with E-state index in [1.54, 1.807) is 0 Å². The van der Waals surface area contributed by atoms with Crippen LogP contribution in [0, 0.1) is 5.92 Å². The number of hydrogen-bond acceptors (Lipinski definition) is 4. The largest absolute Gasteiger partial charge is 0.455 e. The summed E-state index contributed by atoms with van der Waals surface area (Å²) >= 11 is 0. The van der Waals surface area contributed by atoms with Crippen LogP contribution in [0.5, 0.6) is 0 Å². The number of carbonyl (C=O) groups excluding carboxylic acids is 2. The first-order valence-electron chi connectivity index (χ1n) is 6.70. The van der Waals surface area contributed by atoms with Gasteiger partial charge in [-0.3, -0.25) is 4.79 Å². The van der Waals surface area contributed by atoms with Crippen LogP contribution in [-0.4, -0.2) is 29.6 Å². The van der Waals surface area contributed by atoms with Gasteiger partial charge in [-0.2, -0.15) is 0 Å². The average Bonchev–Trinajstić information content (AvgIpc) is 2.95. The number of ketones is 1. The van der Waals surface area contributed by atoms with Crippen LogP contribution in [0.3, 0.4) is 0 Å². The molecule has 1 aliphatic carbocycles. The number of ether oxygens (including phenoxy) is 2. The maximum atomic E-state index is 12.1. The van der Waals surface area contributed by atoms with Crippen molar-refractivity contribution in [3.05, 3.63) is 23.8 Å². The highest BCUT2D eigenvalue weighted by Gasteiger charge is 2.61. The zero-order valence-corrected chi connectivity index (χ0v) is 11.3. The van der Waals surface area contributed by atoms with Crippen LogP contribution in [0.2, 0.25) is 0 Å². The Hall–Kier alpha value is -1.42. The molecule has 0 unspecified atom stereocenters. The smallest absolute Gasteiger partial charge is 0.334 e. The minimum Gasteiger partial charge on any atom is -0.455 e. The van der Waals surface area contributed by atoms with Crippen molar-refractivity contribution in [3.63, 3.8) is 0 Å². The molecule has 19 heavy (non-hydrogen) atoms.